The molecule has 0 aromatic carbocycles. The van der Waals surface area contributed by atoms with Gasteiger partial charge in [-0.2, -0.15) is 0 Å². The Labute approximate surface area is 361 Å². The van der Waals surface area contributed by atoms with Gasteiger partial charge in [-0.25, -0.2) is 0 Å². The quantitative estimate of drug-likeness (QED) is 0.200. The Morgan fingerprint density at radius 3 is 2.41 bits per heavy atom. The molecule has 0 aromatic heterocycles. The minimum atomic E-state index is -1.83. The second-order valence-corrected chi connectivity index (χ2v) is 19.1. The molecule has 6 aliphatic heterocycles. The minimum Gasteiger partial charge on any atom is -0.462 e. The van der Waals surface area contributed by atoms with Gasteiger partial charge in [0.2, 0.25) is 0 Å². The van der Waals surface area contributed by atoms with E-state index in [4.69, 9.17) is 42.6 Å². The highest BCUT2D eigenvalue weighted by Gasteiger charge is 2.60. The van der Waals surface area contributed by atoms with Crippen molar-refractivity contribution in [3.63, 3.8) is 0 Å². The summed E-state index contributed by atoms with van der Waals surface area (Å²) >= 11 is 0. The smallest absolute Gasteiger partial charge is 0.316 e. The van der Waals surface area contributed by atoms with E-state index in [0.29, 0.717) is 55.1 Å². The lowest BCUT2D eigenvalue weighted by atomic mass is 9.71. The molecule has 20 atom stereocenters. The SMILES string of the molecule is CC[C@H](C)[C@H]1O[C@]2(CC[C@@H]1C)C[C@@H]1C[C@@H](C/C=C(\C)[C@@H](O[C@H]3C[C@H](OC)[C@@H](O[C@H]4C[C@H](O)[C@@H](O)[C@H](C)O4)[C@H](C)O3)[C@@H](C)/C=C/C=C3CO[C@@H]4[C@H](O)C(C)=C[C@@H](C(=O)O1)[C@]34O)O2. The number of allylic oxidation sites excluding steroid dienone is 2. The molecule has 4 N–H and O–H groups in total. The molecule has 7 aliphatic rings. The second-order valence-electron chi connectivity index (χ2n) is 19.1. The van der Waals surface area contributed by atoms with Gasteiger partial charge in [-0.1, -0.05) is 64.5 Å². The largest absolute Gasteiger partial charge is 0.462 e. The first-order valence-electron chi connectivity index (χ1n) is 22.8. The fourth-order valence-corrected chi connectivity index (χ4v) is 10.7. The van der Waals surface area contributed by atoms with Crippen LogP contribution in [0.15, 0.2) is 47.1 Å². The molecule has 7 rings (SSSR count). The predicted molar refractivity (Wildman–Crippen MR) is 223 cm³/mol. The third kappa shape index (κ3) is 9.67. The average Bonchev–Trinajstić information content (AvgIpc) is 3.56. The van der Waals surface area contributed by atoms with Crippen LogP contribution in [0.4, 0.5) is 0 Å². The van der Waals surface area contributed by atoms with Crippen molar-refractivity contribution < 1.29 is 67.9 Å². The van der Waals surface area contributed by atoms with Crippen molar-refractivity contribution in [3.05, 3.63) is 47.1 Å². The minimum absolute atomic E-state index is 0.0123. The van der Waals surface area contributed by atoms with E-state index < -0.39 is 96.9 Å². The Kier molecular flexibility index (Phi) is 14.8. The maximum Gasteiger partial charge on any atom is 0.316 e. The summed E-state index contributed by atoms with van der Waals surface area (Å²) in [5.41, 5.74) is 0.152. The zero-order valence-electron chi connectivity index (χ0n) is 37.5. The van der Waals surface area contributed by atoms with Gasteiger partial charge in [0.05, 0.1) is 49.3 Å². The lowest BCUT2D eigenvalue weighted by Crippen LogP contribution is -2.58. The first kappa shape index (κ1) is 46.9. The number of aliphatic hydroxyl groups excluding tert-OH is 3. The number of methoxy groups -OCH3 is 1. The number of hydrogen-bond donors (Lipinski definition) is 4. The van der Waals surface area contributed by atoms with Crippen LogP contribution in [0.25, 0.3) is 0 Å². The predicted octanol–water partition coefficient (Wildman–Crippen LogP) is 4.95. The van der Waals surface area contributed by atoms with E-state index in [1.165, 1.54) is 0 Å². The van der Waals surface area contributed by atoms with Gasteiger partial charge in [0.15, 0.2) is 18.4 Å². The Morgan fingerprint density at radius 2 is 1.69 bits per heavy atom. The Morgan fingerprint density at radius 1 is 0.951 bits per heavy atom. The van der Waals surface area contributed by atoms with E-state index in [-0.39, 0.29) is 31.2 Å². The van der Waals surface area contributed by atoms with Crippen LogP contribution >= 0.6 is 0 Å². The van der Waals surface area contributed by atoms with Gasteiger partial charge in [0, 0.05) is 45.1 Å². The molecular weight excluding hydrogens is 789 g/mol. The molecule has 5 fully saturated rings. The van der Waals surface area contributed by atoms with Crippen molar-refractivity contribution in [2.45, 2.75) is 204 Å². The van der Waals surface area contributed by atoms with Crippen molar-refractivity contribution in [2.24, 2.45) is 23.7 Å². The standard InChI is InChI=1S/C47H72O14/c1-10-24(2)42-27(5)16-17-46(61-42)22-33-19-32(60-46)15-14-26(4)41(58-38-21-36(53-9)43(30(8)56-38)59-37-20-35(48)40(50)29(7)55-37)25(3)12-11-13-31-23-54-44-39(49)28(6)18-34(45(51)57-33)47(31,44)52/h11-14,18,24-25,27,29-30,32-44,48-50,52H,10,15-17,19-23H2,1-9H3/b12-11+,26-14+,31-13?/t24-,25-,27-,29-,30-,32+,33-,34-,35-,36-,37-,38-,39+,40-,41-,42+,43-,44+,46+,47+/m0/s1. The van der Waals surface area contributed by atoms with Crippen LogP contribution in [0.2, 0.25) is 0 Å². The van der Waals surface area contributed by atoms with Gasteiger partial charge >= 0.3 is 5.97 Å². The van der Waals surface area contributed by atoms with Crippen molar-refractivity contribution in [1.82, 2.24) is 0 Å². The van der Waals surface area contributed by atoms with Crippen molar-refractivity contribution in [1.29, 1.82) is 0 Å². The topological polar surface area (TPSA) is 181 Å². The highest BCUT2D eigenvalue weighted by atomic mass is 16.7. The summed E-state index contributed by atoms with van der Waals surface area (Å²) in [5.74, 6) is -2.14. The number of hydrogen-bond acceptors (Lipinski definition) is 14. The lowest BCUT2D eigenvalue weighted by molar-refractivity contribution is -0.340. The van der Waals surface area contributed by atoms with E-state index >= 15 is 0 Å². The van der Waals surface area contributed by atoms with E-state index in [0.717, 1.165) is 18.4 Å². The fraction of sp³-hybridized carbons (Fsp3) is 0.809. The third-order valence-corrected chi connectivity index (χ3v) is 14.7. The molecule has 0 aromatic rings. The van der Waals surface area contributed by atoms with E-state index in [1.54, 1.807) is 33.1 Å². The van der Waals surface area contributed by atoms with Crippen LogP contribution in [-0.4, -0.2) is 137 Å². The number of carbonyl (C=O) groups is 1. The molecule has 14 nitrogen and oxygen atoms in total. The maximum atomic E-state index is 14.3. The molecule has 1 spiro atoms. The summed E-state index contributed by atoms with van der Waals surface area (Å²) in [4.78, 5) is 14.3. The zero-order chi connectivity index (χ0) is 44.0. The number of ether oxygens (including phenoxy) is 9. The molecule has 1 aliphatic carbocycles. The molecule has 0 unspecified atom stereocenters. The summed E-state index contributed by atoms with van der Waals surface area (Å²) in [6.45, 7) is 16.1. The molecule has 61 heavy (non-hydrogen) atoms. The van der Waals surface area contributed by atoms with Crippen LogP contribution in [0.3, 0.4) is 0 Å². The second kappa shape index (κ2) is 19.2. The van der Waals surface area contributed by atoms with E-state index in [9.17, 15) is 25.2 Å². The fourth-order valence-electron chi connectivity index (χ4n) is 10.7. The molecule has 0 radical (unpaired) electrons. The third-order valence-electron chi connectivity index (χ3n) is 14.7. The molecule has 2 bridgehead atoms. The number of esters is 1. The first-order valence-corrected chi connectivity index (χ1v) is 22.8. The summed E-state index contributed by atoms with van der Waals surface area (Å²) in [6.07, 6.45) is 4.90. The number of carbonyl (C=O) groups excluding carboxylic acids is 1. The summed E-state index contributed by atoms with van der Waals surface area (Å²) in [5, 5.41) is 44.3. The van der Waals surface area contributed by atoms with Gasteiger partial charge in [-0.15, -0.1) is 0 Å². The van der Waals surface area contributed by atoms with E-state index in [1.807, 2.05) is 26.0 Å². The van der Waals surface area contributed by atoms with Crippen molar-refractivity contribution in [3.8, 4) is 0 Å². The lowest BCUT2D eigenvalue weighted by Gasteiger charge is -2.51. The highest BCUT2D eigenvalue weighted by molar-refractivity contribution is 5.78. The van der Waals surface area contributed by atoms with E-state index in [2.05, 4.69) is 33.8 Å². The summed E-state index contributed by atoms with van der Waals surface area (Å²) < 4.78 is 57.9. The highest BCUT2D eigenvalue weighted by Crippen LogP contribution is 2.48. The van der Waals surface area contributed by atoms with Gasteiger partial charge in [-0.3, -0.25) is 4.79 Å². The molecule has 6 heterocycles. The van der Waals surface area contributed by atoms with Crippen LogP contribution in [0.5, 0.6) is 0 Å². The molecular formula is C47H72O14. The summed E-state index contributed by atoms with van der Waals surface area (Å²) in [7, 11) is 1.62. The van der Waals surface area contributed by atoms with Crippen LogP contribution in [-0.2, 0) is 47.4 Å². The monoisotopic (exact) mass is 860 g/mol. The normalized spacial score (nSPS) is 49.2. The average molecular weight is 861 g/mol. The first-order chi connectivity index (χ1) is 29.0. The number of aliphatic hydroxyl groups is 4. The van der Waals surface area contributed by atoms with Crippen LogP contribution in [0, 0.1) is 23.7 Å². The Hall–Kier alpha value is -2.05. The van der Waals surface area contributed by atoms with Gasteiger partial charge in [-0.05, 0) is 69.1 Å². The number of fused-ring (bicyclic) bond motifs is 2. The molecule has 14 heteroatoms. The molecule has 344 valence electrons. The maximum absolute atomic E-state index is 14.3. The molecule has 0 saturated carbocycles. The van der Waals surface area contributed by atoms with Gasteiger partial charge in [0.1, 0.15) is 42.0 Å². The van der Waals surface area contributed by atoms with Gasteiger partial charge < -0.3 is 63.1 Å². The van der Waals surface area contributed by atoms with Crippen LogP contribution < -0.4 is 0 Å². The summed E-state index contributed by atoms with van der Waals surface area (Å²) in [6, 6.07) is 0. The number of rotatable bonds is 7. The van der Waals surface area contributed by atoms with Crippen LogP contribution in [0.1, 0.15) is 107 Å². The van der Waals surface area contributed by atoms with Crippen molar-refractivity contribution >= 4 is 5.97 Å². The zero-order valence-corrected chi connectivity index (χ0v) is 37.5. The Balaban J connectivity index is 1.18. The Bertz CT molecular complexity index is 1650. The van der Waals surface area contributed by atoms with Crippen molar-refractivity contribution in [2.75, 3.05) is 13.7 Å². The molecule has 0 amide bonds. The molecule has 5 saturated heterocycles. The van der Waals surface area contributed by atoms with Gasteiger partial charge in [0.25, 0.3) is 0 Å².